The van der Waals surface area contributed by atoms with Crippen LogP contribution in [-0.4, -0.2) is 29.7 Å². The summed E-state index contributed by atoms with van der Waals surface area (Å²) in [5.41, 5.74) is 0.487. The van der Waals surface area contributed by atoms with E-state index in [-0.39, 0.29) is 0 Å². The summed E-state index contributed by atoms with van der Waals surface area (Å²) in [6.45, 7) is 6.57. The van der Waals surface area contributed by atoms with Crippen LogP contribution in [0.25, 0.3) is 0 Å². The van der Waals surface area contributed by atoms with Crippen LogP contribution in [0.4, 0.5) is 5.69 Å². The number of hydrogen-bond donors (Lipinski definition) is 0. The van der Waals surface area contributed by atoms with E-state index in [2.05, 4.69) is 20.9 Å². The number of ether oxygens (including phenoxy) is 4. The van der Waals surface area contributed by atoms with Gasteiger partial charge in [-0.2, -0.15) is 0 Å². The first-order valence-electron chi connectivity index (χ1n) is 7.28. The maximum Gasteiger partial charge on any atom is 0.329 e. The fourth-order valence-corrected chi connectivity index (χ4v) is 2.76. The zero-order valence-electron chi connectivity index (χ0n) is 13.6. The van der Waals surface area contributed by atoms with Crippen molar-refractivity contribution in [1.29, 1.82) is 0 Å². The molecule has 2 aliphatic rings. The van der Waals surface area contributed by atoms with E-state index < -0.39 is 29.4 Å². The third-order valence-electron chi connectivity index (χ3n) is 3.29. The third-order valence-corrected chi connectivity index (χ3v) is 3.92. The van der Waals surface area contributed by atoms with Crippen molar-refractivity contribution < 1.29 is 28.5 Å². The number of cyclic esters (lactones) is 2. The van der Waals surface area contributed by atoms with Crippen molar-refractivity contribution in [1.82, 2.24) is 0 Å². The molecule has 8 heteroatoms. The topological polar surface area (TPSA) is 83.4 Å². The number of carbonyl (C=O) groups is 2. The second kappa shape index (κ2) is 5.47. The van der Waals surface area contributed by atoms with Crippen LogP contribution in [0.3, 0.4) is 0 Å². The third kappa shape index (κ3) is 3.24. The Balaban J connectivity index is 1.83. The number of hydrogen-bond acceptors (Lipinski definition) is 7. The summed E-state index contributed by atoms with van der Waals surface area (Å²) in [5, 5.41) is 0. The Hall–Kier alpha value is -2.09. The molecule has 0 aliphatic carbocycles. The van der Waals surface area contributed by atoms with Crippen molar-refractivity contribution in [2.45, 2.75) is 39.3 Å². The van der Waals surface area contributed by atoms with Crippen molar-refractivity contribution in [2.75, 3.05) is 0 Å². The molecule has 2 heterocycles. The average molecular weight is 398 g/mol. The zero-order chi connectivity index (χ0) is 17.7. The standard InChI is InChI=1S/C16H16BrNO6/c1-15(2)21-11-5-9(17)10(6-12(11)22-15)18-7-8-13(19)23-16(3,4)24-14(8)20/h5-8H,1-4H3. The molecular weight excluding hydrogens is 382 g/mol. The van der Waals surface area contributed by atoms with E-state index in [0.717, 1.165) is 0 Å². The number of carbonyl (C=O) groups excluding carboxylic acids is 2. The van der Waals surface area contributed by atoms with Gasteiger partial charge in [-0.1, -0.05) is 0 Å². The predicted molar refractivity (Wildman–Crippen MR) is 87.4 cm³/mol. The van der Waals surface area contributed by atoms with E-state index >= 15 is 0 Å². The molecule has 1 fully saturated rings. The highest BCUT2D eigenvalue weighted by molar-refractivity contribution is 9.10. The maximum absolute atomic E-state index is 11.9. The lowest BCUT2D eigenvalue weighted by Crippen LogP contribution is -2.46. The Kier molecular flexibility index (Phi) is 3.82. The SMILES string of the molecule is CC1(C)OC(=O)C(C=Nc2cc3c(cc2Br)OC(C)(C)O3)C(=O)O1. The average Bonchev–Trinajstić information content (AvgIpc) is 2.69. The molecule has 0 radical (unpaired) electrons. The van der Waals surface area contributed by atoms with Crippen LogP contribution in [-0.2, 0) is 19.1 Å². The van der Waals surface area contributed by atoms with Gasteiger partial charge >= 0.3 is 11.9 Å². The number of rotatable bonds is 2. The Morgan fingerprint density at radius 2 is 1.46 bits per heavy atom. The van der Waals surface area contributed by atoms with E-state index in [9.17, 15) is 9.59 Å². The molecule has 1 aromatic carbocycles. The van der Waals surface area contributed by atoms with Gasteiger partial charge in [0.25, 0.3) is 5.79 Å². The molecule has 0 saturated carbocycles. The highest BCUT2D eigenvalue weighted by Gasteiger charge is 2.42. The van der Waals surface area contributed by atoms with Gasteiger partial charge in [0, 0.05) is 50.5 Å². The lowest BCUT2D eigenvalue weighted by atomic mass is 10.1. The maximum atomic E-state index is 11.9. The molecule has 0 aromatic heterocycles. The molecule has 1 aromatic rings. The summed E-state index contributed by atoms with van der Waals surface area (Å²) in [4.78, 5) is 28.1. The van der Waals surface area contributed by atoms with Gasteiger partial charge in [0.1, 0.15) is 0 Å². The fourth-order valence-electron chi connectivity index (χ4n) is 2.34. The Morgan fingerprint density at radius 3 is 2.04 bits per heavy atom. The van der Waals surface area contributed by atoms with Gasteiger partial charge in [-0.25, -0.2) is 0 Å². The first-order valence-corrected chi connectivity index (χ1v) is 8.07. The number of nitrogens with zero attached hydrogens (tertiary/aromatic N) is 1. The number of aliphatic imine (C=N–C) groups is 1. The molecule has 0 spiro atoms. The van der Waals surface area contributed by atoms with Crippen molar-refractivity contribution in [3.63, 3.8) is 0 Å². The van der Waals surface area contributed by atoms with Gasteiger partial charge in [-0.15, -0.1) is 0 Å². The van der Waals surface area contributed by atoms with Crippen LogP contribution in [0.1, 0.15) is 27.7 Å². The van der Waals surface area contributed by atoms with Crippen LogP contribution in [0.5, 0.6) is 11.5 Å². The normalized spacial score (nSPS) is 21.7. The molecule has 7 nitrogen and oxygen atoms in total. The lowest BCUT2D eigenvalue weighted by molar-refractivity contribution is -0.235. The second-order valence-electron chi connectivity index (χ2n) is 6.35. The number of fused-ring (bicyclic) bond motifs is 1. The van der Waals surface area contributed by atoms with Crippen LogP contribution in [0.15, 0.2) is 21.6 Å². The lowest BCUT2D eigenvalue weighted by Gasteiger charge is -2.31. The summed E-state index contributed by atoms with van der Waals surface area (Å²) in [7, 11) is 0. The van der Waals surface area contributed by atoms with Crippen LogP contribution < -0.4 is 9.47 Å². The molecule has 0 bridgehead atoms. The number of benzene rings is 1. The quantitative estimate of drug-likeness (QED) is 0.433. The molecule has 3 rings (SSSR count). The molecule has 1 saturated heterocycles. The van der Waals surface area contributed by atoms with E-state index in [1.54, 1.807) is 26.0 Å². The van der Waals surface area contributed by atoms with Crippen molar-refractivity contribution >= 4 is 39.8 Å². The van der Waals surface area contributed by atoms with Crippen molar-refractivity contribution in [3.8, 4) is 11.5 Å². The van der Waals surface area contributed by atoms with Gasteiger partial charge in [-0.3, -0.25) is 14.6 Å². The number of halogens is 1. The van der Waals surface area contributed by atoms with E-state index in [1.807, 2.05) is 0 Å². The van der Waals surface area contributed by atoms with E-state index in [1.165, 1.54) is 20.1 Å². The highest BCUT2D eigenvalue weighted by Crippen LogP contribution is 2.44. The Morgan fingerprint density at radius 1 is 0.958 bits per heavy atom. The largest absolute Gasteiger partial charge is 0.449 e. The molecular formula is C16H16BrNO6. The summed E-state index contributed by atoms with van der Waals surface area (Å²) >= 11 is 3.38. The first-order chi connectivity index (χ1) is 11.1. The van der Waals surface area contributed by atoms with Crippen LogP contribution in [0.2, 0.25) is 0 Å². The minimum absolute atomic E-state index is 0.487. The predicted octanol–water partition coefficient (Wildman–Crippen LogP) is 3.11. The zero-order valence-corrected chi connectivity index (χ0v) is 15.2. The summed E-state index contributed by atoms with van der Waals surface area (Å²) < 4.78 is 22.0. The second-order valence-corrected chi connectivity index (χ2v) is 7.21. The molecule has 24 heavy (non-hydrogen) atoms. The molecule has 0 unspecified atom stereocenters. The van der Waals surface area contributed by atoms with E-state index in [0.29, 0.717) is 21.7 Å². The van der Waals surface area contributed by atoms with Crippen molar-refractivity contribution in [3.05, 3.63) is 16.6 Å². The number of esters is 2. The minimum Gasteiger partial charge on any atom is -0.449 e. The van der Waals surface area contributed by atoms with Gasteiger partial charge in [0.2, 0.25) is 5.79 Å². The van der Waals surface area contributed by atoms with Crippen molar-refractivity contribution in [2.24, 2.45) is 10.9 Å². The highest BCUT2D eigenvalue weighted by atomic mass is 79.9. The molecule has 0 N–H and O–H groups in total. The molecule has 0 atom stereocenters. The fraction of sp³-hybridized carbons (Fsp3) is 0.438. The monoisotopic (exact) mass is 397 g/mol. The van der Waals surface area contributed by atoms with E-state index in [4.69, 9.17) is 18.9 Å². The van der Waals surface area contributed by atoms with Crippen LogP contribution in [0, 0.1) is 5.92 Å². The van der Waals surface area contributed by atoms with Gasteiger partial charge in [0.15, 0.2) is 17.4 Å². The molecule has 128 valence electrons. The van der Waals surface area contributed by atoms with Gasteiger partial charge < -0.3 is 18.9 Å². The summed E-state index contributed by atoms with van der Waals surface area (Å²) in [6.07, 6.45) is 1.20. The van der Waals surface area contributed by atoms with Gasteiger partial charge in [0.05, 0.1) is 5.69 Å². The smallest absolute Gasteiger partial charge is 0.329 e. The first kappa shape index (κ1) is 16.8. The Bertz CT molecular complexity index is 735. The molecule has 0 amide bonds. The Labute approximate surface area is 147 Å². The summed E-state index contributed by atoms with van der Waals surface area (Å²) in [5.74, 6) is -3.49. The minimum atomic E-state index is -1.26. The van der Waals surface area contributed by atoms with Gasteiger partial charge in [-0.05, 0) is 15.9 Å². The summed E-state index contributed by atoms with van der Waals surface area (Å²) in [6, 6.07) is 3.38. The molecule has 2 aliphatic heterocycles. The van der Waals surface area contributed by atoms with Crippen LogP contribution >= 0.6 is 15.9 Å².